The first-order chi connectivity index (χ1) is 15.7. The average molecular weight is 465 g/mol. The molecule has 1 aromatic heterocycles. The van der Waals surface area contributed by atoms with E-state index < -0.39 is 5.41 Å². The van der Waals surface area contributed by atoms with E-state index >= 15 is 0 Å². The summed E-state index contributed by atoms with van der Waals surface area (Å²) in [4.78, 5) is 31.9. The first kappa shape index (κ1) is 24.5. The van der Waals surface area contributed by atoms with E-state index in [1.807, 2.05) is 72.5 Å². The van der Waals surface area contributed by atoms with Crippen LogP contribution in [-0.4, -0.2) is 23.5 Å². The third-order valence-electron chi connectivity index (χ3n) is 6.08. The normalized spacial score (nSPS) is 16.8. The predicted molar refractivity (Wildman–Crippen MR) is 132 cm³/mol. The molecular formula is C27H29ClN2O3. The molecule has 2 aromatic carbocycles. The van der Waals surface area contributed by atoms with E-state index in [4.69, 9.17) is 4.74 Å². The molecule has 33 heavy (non-hydrogen) atoms. The van der Waals surface area contributed by atoms with E-state index in [1.54, 1.807) is 12.4 Å². The van der Waals surface area contributed by atoms with Crippen molar-refractivity contribution < 1.29 is 14.3 Å². The quantitative estimate of drug-likeness (QED) is 0.297. The Morgan fingerprint density at radius 3 is 2.39 bits per heavy atom. The molecule has 1 aliphatic rings. The molecule has 1 atom stereocenters. The van der Waals surface area contributed by atoms with E-state index in [9.17, 15) is 9.59 Å². The van der Waals surface area contributed by atoms with Crippen LogP contribution in [0.5, 0.6) is 0 Å². The standard InChI is InChI=1S/C27H28N2O3.ClH/c1-2-32-25(30)14-8-9-17-27(20-21-15-18-28-19-16-21)23-12-6-7-13-24(23)29(26(27)31)22-10-4-3-5-11-22;/h3-7,10-13,15-16,18-19H,2,8-9,14,17,20H2,1H3;1H. The zero-order valence-corrected chi connectivity index (χ0v) is 19.6. The Hall–Kier alpha value is -3.18. The number of esters is 1. The molecule has 1 amide bonds. The lowest BCUT2D eigenvalue weighted by atomic mass is 9.73. The van der Waals surface area contributed by atoms with Crippen LogP contribution in [0, 0.1) is 0 Å². The van der Waals surface area contributed by atoms with Crippen molar-refractivity contribution in [2.75, 3.05) is 11.5 Å². The van der Waals surface area contributed by atoms with Crippen LogP contribution in [0.4, 0.5) is 11.4 Å². The number of carbonyl (C=O) groups excluding carboxylic acids is 2. The molecule has 2 heterocycles. The van der Waals surface area contributed by atoms with E-state index in [2.05, 4.69) is 11.1 Å². The van der Waals surface area contributed by atoms with Crippen molar-refractivity contribution in [2.24, 2.45) is 0 Å². The lowest BCUT2D eigenvalue weighted by Crippen LogP contribution is -2.40. The van der Waals surface area contributed by atoms with Gasteiger partial charge in [0.05, 0.1) is 17.7 Å². The van der Waals surface area contributed by atoms with Gasteiger partial charge in [0.15, 0.2) is 0 Å². The zero-order valence-electron chi connectivity index (χ0n) is 18.8. The van der Waals surface area contributed by atoms with Crippen LogP contribution in [0.15, 0.2) is 79.1 Å². The molecule has 0 aliphatic carbocycles. The summed E-state index contributed by atoms with van der Waals surface area (Å²) in [6, 6.07) is 21.8. The second-order valence-corrected chi connectivity index (χ2v) is 8.12. The maximum Gasteiger partial charge on any atom is 0.305 e. The molecule has 6 heteroatoms. The van der Waals surface area contributed by atoms with Gasteiger partial charge in [0.25, 0.3) is 0 Å². The van der Waals surface area contributed by atoms with Gasteiger partial charge in [-0.2, -0.15) is 0 Å². The van der Waals surface area contributed by atoms with Gasteiger partial charge < -0.3 is 4.74 Å². The number of unbranched alkanes of at least 4 members (excludes halogenated alkanes) is 1. The van der Waals surface area contributed by atoms with Crippen LogP contribution >= 0.6 is 12.4 Å². The molecule has 0 fully saturated rings. The summed E-state index contributed by atoms with van der Waals surface area (Å²) in [7, 11) is 0. The van der Waals surface area contributed by atoms with Gasteiger partial charge in [0.1, 0.15) is 0 Å². The van der Waals surface area contributed by atoms with Crippen molar-refractivity contribution in [1.29, 1.82) is 0 Å². The maximum atomic E-state index is 14.1. The molecule has 0 saturated heterocycles. The first-order valence-corrected chi connectivity index (χ1v) is 11.2. The summed E-state index contributed by atoms with van der Waals surface area (Å²) < 4.78 is 5.07. The number of ether oxygens (including phenoxy) is 1. The molecule has 0 spiro atoms. The Kier molecular flexibility index (Phi) is 8.23. The minimum atomic E-state index is -0.692. The molecule has 1 aliphatic heterocycles. The minimum absolute atomic E-state index is 0. The first-order valence-electron chi connectivity index (χ1n) is 11.2. The summed E-state index contributed by atoms with van der Waals surface area (Å²) in [5.74, 6) is -0.0995. The topological polar surface area (TPSA) is 59.5 Å². The fourth-order valence-corrected chi connectivity index (χ4v) is 4.62. The van der Waals surface area contributed by atoms with Crippen molar-refractivity contribution in [2.45, 2.75) is 44.4 Å². The fraction of sp³-hybridized carbons (Fsp3) is 0.296. The van der Waals surface area contributed by atoms with Gasteiger partial charge in [0, 0.05) is 24.5 Å². The van der Waals surface area contributed by atoms with Gasteiger partial charge in [0.2, 0.25) is 5.91 Å². The van der Waals surface area contributed by atoms with E-state index in [-0.39, 0.29) is 24.3 Å². The average Bonchev–Trinajstić information content (AvgIpc) is 3.06. The van der Waals surface area contributed by atoms with Gasteiger partial charge in [-0.15, -0.1) is 12.4 Å². The lowest BCUT2D eigenvalue weighted by molar-refractivity contribution is -0.143. The highest BCUT2D eigenvalue weighted by atomic mass is 35.5. The number of hydrogen-bond acceptors (Lipinski definition) is 4. The van der Waals surface area contributed by atoms with Gasteiger partial charge in [-0.05, 0) is 67.6 Å². The second kappa shape index (κ2) is 11.1. The van der Waals surface area contributed by atoms with Crippen molar-refractivity contribution in [3.63, 3.8) is 0 Å². The number of fused-ring (bicyclic) bond motifs is 1. The van der Waals surface area contributed by atoms with Crippen molar-refractivity contribution in [3.05, 3.63) is 90.3 Å². The van der Waals surface area contributed by atoms with Crippen LogP contribution in [0.1, 0.15) is 43.7 Å². The summed E-state index contributed by atoms with van der Waals surface area (Å²) in [6.45, 7) is 2.20. The number of pyridine rings is 1. The Morgan fingerprint density at radius 1 is 0.970 bits per heavy atom. The minimum Gasteiger partial charge on any atom is -0.466 e. The molecule has 0 radical (unpaired) electrons. The van der Waals surface area contributed by atoms with Gasteiger partial charge in [-0.1, -0.05) is 42.8 Å². The molecule has 0 N–H and O–H groups in total. The number of para-hydroxylation sites is 2. The summed E-state index contributed by atoms with van der Waals surface area (Å²) >= 11 is 0. The fourth-order valence-electron chi connectivity index (χ4n) is 4.62. The third kappa shape index (κ3) is 5.09. The molecule has 0 bridgehead atoms. The lowest BCUT2D eigenvalue weighted by Gasteiger charge is -2.29. The molecule has 3 aromatic rings. The largest absolute Gasteiger partial charge is 0.466 e. The van der Waals surface area contributed by atoms with E-state index in [1.165, 1.54) is 0 Å². The van der Waals surface area contributed by atoms with E-state index in [0.29, 0.717) is 32.3 Å². The van der Waals surface area contributed by atoms with Gasteiger partial charge in [-0.25, -0.2) is 0 Å². The number of nitrogens with zero attached hydrogens (tertiary/aromatic N) is 2. The number of anilines is 2. The van der Waals surface area contributed by atoms with Crippen LogP contribution in [0.3, 0.4) is 0 Å². The number of rotatable bonds is 9. The highest BCUT2D eigenvalue weighted by molar-refractivity contribution is 6.13. The maximum absolute atomic E-state index is 14.1. The van der Waals surface area contributed by atoms with Gasteiger partial charge >= 0.3 is 5.97 Å². The molecule has 5 nitrogen and oxygen atoms in total. The number of carbonyl (C=O) groups is 2. The van der Waals surface area contributed by atoms with Crippen LogP contribution in [0.25, 0.3) is 0 Å². The third-order valence-corrected chi connectivity index (χ3v) is 6.08. The SMILES string of the molecule is CCOC(=O)CCCCC1(Cc2ccncc2)C(=O)N(c2ccccc2)c2ccccc21.Cl. The van der Waals surface area contributed by atoms with Crippen LogP contribution in [-0.2, 0) is 26.2 Å². The zero-order chi connectivity index (χ0) is 22.4. The van der Waals surface area contributed by atoms with Crippen LogP contribution < -0.4 is 4.90 Å². The summed E-state index contributed by atoms with van der Waals surface area (Å²) in [6.07, 6.45) is 6.61. The van der Waals surface area contributed by atoms with Crippen LogP contribution in [0.2, 0.25) is 0 Å². The molecule has 4 rings (SSSR count). The van der Waals surface area contributed by atoms with Gasteiger partial charge in [-0.3, -0.25) is 19.5 Å². The Balaban J connectivity index is 0.00000306. The number of amides is 1. The number of hydrogen-bond donors (Lipinski definition) is 0. The molecular weight excluding hydrogens is 436 g/mol. The number of halogens is 1. The Labute approximate surface area is 201 Å². The van der Waals surface area contributed by atoms with Crippen molar-refractivity contribution in [3.8, 4) is 0 Å². The highest BCUT2D eigenvalue weighted by Crippen LogP contribution is 2.49. The smallest absolute Gasteiger partial charge is 0.305 e. The van der Waals surface area contributed by atoms with Crippen molar-refractivity contribution >= 4 is 35.7 Å². The van der Waals surface area contributed by atoms with Crippen molar-refractivity contribution in [1.82, 2.24) is 4.98 Å². The molecule has 172 valence electrons. The molecule has 0 saturated carbocycles. The number of benzene rings is 2. The van der Waals surface area contributed by atoms with E-state index in [0.717, 1.165) is 28.9 Å². The predicted octanol–water partition coefficient (Wildman–Crippen LogP) is 5.79. The summed E-state index contributed by atoms with van der Waals surface area (Å²) in [5.41, 5.74) is 3.23. The summed E-state index contributed by atoms with van der Waals surface area (Å²) in [5, 5.41) is 0. The Bertz CT molecular complexity index is 1070. The monoisotopic (exact) mass is 464 g/mol. The number of aromatic nitrogens is 1. The highest BCUT2D eigenvalue weighted by Gasteiger charge is 2.50. The molecule has 1 unspecified atom stereocenters. The Morgan fingerprint density at radius 2 is 1.67 bits per heavy atom. The second-order valence-electron chi connectivity index (χ2n) is 8.12.